The van der Waals surface area contributed by atoms with E-state index in [0.29, 0.717) is 5.69 Å². The Kier molecular flexibility index (Phi) is 5.22. The largest absolute Gasteiger partial charge is 0.325 e. The molecular formula is C17H14FN3OS2. The molecule has 1 atom stereocenters. The highest BCUT2D eigenvalue weighted by Crippen LogP contribution is 2.37. The Morgan fingerprint density at radius 3 is 2.46 bits per heavy atom. The quantitative estimate of drug-likeness (QED) is 0.684. The lowest BCUT2D eigenvalue weighted by Crippen LogP contribution is -2.19. The van der Waals surface area contributed by atoms with Crippen LogP contribution in [-0.2, 0) is 4.79 Å². The molecule has 1 N–H and O–H groups in total. The van der Waals surface area contributed by atoms with E-state index in [9.17, 15) is 9.18 Å². The van der Waals surface area contributed by atoms with Crippen LogP contribution in [0.2, 0.25) is 0 Å². The Labute approximate surface area is 147 Å². The third kappa shape index (κ3) is 4.18. The first-order valence-corrected chi connectivity index (χ1v) is 8.89. The number of nitrogens with zero attached hydrogens (tertiary/aromatic N) is 2. The van der Waals surface area contributed by atoms with Gasteiger partial charge in [-0.1, -0.05) is 53.4 Å². The number of thioether (sulfide) groups is 1. The van der Waals surface area contributed by atoms with Crippen LogP contribution in [0.3, 0.4) is 0 Å². The monoisotopic (exact) mass is 359 g/mol. The van der Waals surface area contributed by atoms with Gasteiger partial charge in [0.15, 0.2) is 4.34 Å². The molecule has 0 fully saturated rings. The number of carbonyl (C=O) groups is 1. The first-order chi connectivity index (χ1) is 11.6. The summed E-state index contributed by atoms with van der Waals surface area (Å²) in [5.41, 5.74) is 1.42. The molecule has 0 bridgehead atoms. The minimum atomic E-state index is -0.469. The van der Waals surface area contributed by atoms with Gasteiger partial charge in [0.05, 0.1) is 0 Å². The van der Waals surface area contributed by atoms with Crippen molar-refractivity contribution in [2.45, 2.75) is 16.5 Å². The molecule has 7 heteroatoms. The molecule has 0 spiro atoms. The summed E-state index contributed by atoms with van der Waals surface area (Å²) in [5.74, 6) is -0.531. The lowest BCUT2D eigenvalue weighted by molar-refractivity contribution is -0.115. The van der Waals surface area contributed by atoms with Crippen molar-refractivity contribution in [3.8, 4) is 0 Å². The predicted molar refractivity (Wildman–Crippen MR) is 94.7 cm³/mol. The molecule has 0 radical (unpaired) electrons. The summed E-state index contributed by atoms with van der Waals surface area (Å²) in [6, 6.07) is 15.2. The van der Waals surface area contributed by atoms with Crippen LogP contribution in [-0.4, -0.2) is 16.1 Å². The van der Waals surface area contributed by atoms with E-state index >= 15 is 0 Å². The number of hydrogen-bond donors (Lipinski definition) is 1. The van der Waals surface area contributed by atoms with Gasteiger partial charge in [-0.2, -0.15) is 0 Å². The predicted octanol–water partition coefficient (Wildman–Crippen LogP) is 4.46. The summed E-state index contributed by atoms with van der Waals surface area (Å²) in [6.07, 6.45) is 0. The standard InChI is InChI=1S/C17H14FN3OS2/c1-11-20-21-17(23-11)24-15(12-5-3-2-4-6-12)16(22)19-14-9-7-13(18)8-10-14/h2-10,15H,1H3,(H,19,22)/t15-/m1/s1. The number of rotatable bonds is 5. The summed E-state index contributed by atoms with van der Waals surface area (Å²) in [4.78, 5) is 12.7. The van der Waals surface area contributed by atoms with Crippen molar-refractivity contribution in [1.82, 2.24) is 10.2 Å². The molecular weight excluding hydrogens is 345 g/mol. The second-order valence-electron chi connectivity index (χ2n) is 4.99. The summed E-state index contributed by atoms with van der Waals surface area (Å²) >= 11 is 2.80. The van der Waals surface area contributed by atoms with Gasteiger partial charge in [-0.3, -0.25) is 4.79 Å². The van der Waals surface area contributed by atoms with Crippen molar-refractivity contribution >= 4 is 34.7 Å². The van der Waals surface area contributed by atoms with Gasteiger partial charge in [-0.25, -0.2) is 4.39 Å². The Morgan fingerprint density at radius 2 is 1.83 bits per heavy atom. The van der Waals surface area contributed by atoms with Crippen LogP contribution in [0.15, 0.2) is 58.9 Å². The van der Waals surface area contributed by atoms with Gasteiger partial charge < -0.3 is 5.32 Å². The maximum atomic E-state index is 13.0. The van der Waals surface area contributed by atoms with Crippen molar-refractivity contribution in [2.24, 2.45) is 0 Å². The fraction of sp³-hybridized carbons (Fsp3) is 0.118. The Morgan fingerprint density at radius 1 is 1.12 bits per heavy atom. The molecule has 4 nitrogen and oxygen atoms in total. The van der Waals surface area contributed by atoms with Crippen LogP contribution in [0.1, 0.15) is 15.8 Å². The first-order valence-electron chi connectivity index (χ1n) is 7.20. The number of hydrogen-bond acceptors (Lipinski definition) is 5. The number of anilines is 1. The number of aromatic nitrogens is 2. The summed E-state index contributed by atoms with van der Waals surface area (Å²) in [5, 5.41) is 11.3. The highest BCUT2D eigenvalue weighted by Gasteiger charge is 2.23. The molecule has 1 heterocycles. The van der Waals surface area contributed by atoms with Gasteiger partial charge in [0.25, 0.3) is 0 Å². The topological polar surface area (TPSA) is 54.9 Å². The number of carbonyl (C=O) groups excluding carboxylic acids is 1. The maximum Gasteiger partial charge on any atom is 0.242 e. The maximum absolute atomic E-state index is 13.0. The van der Waals surface area contributed by atoms with Crippen molar-refractivity contribution in [3.05, 3.63) is 71.0 Å². The second-order valence-corrected chi connectivity index (χ2v) is 7.53. The average molecular weight is 359 g/mol. The van der Waals surface area contributed by atoms with Crippen LogP contribution in [0, 0.1) is 12.7 Å². The first kappa shape index (κ1) is 16.6. The molecule has 0 aliphatic rings. The Bertz CT molecular complexity index is 821. The van der Waals surface area contributed by atoms with Crippen LogP contribution in [0.4, 0.5) is 10.1 Å². The molecule has 1 aromatic heterocycles. The normalized spacial score (nSPS) is 11.9. The lowest BCUT2D eigenvalue weighted by Gasteiger charge is -2.15. The van der Waals surface area contributed by atoms with Crippen molar-refractivity contribution in [2.75, 3.05) is 5.32 Å². The molecule has 0 aliphatic carbocycles. The number of amides is 1. The van der Waals surface area contributed by atoms with Gasteiger partial charge in [0.1, 0.15) is 16.1 Å². The smallest absolute Gasteiger partial charge is 0.242 e. The summed E-state index contributed by atoms with van der Waals surface area (Å²) < 4.78 is 13.7. The van der Waals surface area contributed by atoms with E-state index in [0.717, 1.165) is 14.9 Å². The van der Waals surface area contributed by atoms with Crippen molar-refractivity contribution in [1.29, 1.82) is 0 Å². The Balaban J connectivity index is 1.83. The summed E-state index contributed by atoms with van der Waals surface area (Å²) in [6.45, 7) is 1.87. The number of benzene rings is 2. The number of aryl methyl sites for hydroxylation is 1. The van der Waals surface area contributed by atoms with E-state index in [1.54, 1.807) is 0 Å². The summed E-state index contributed by atoms with van der Waals surface area (Å²) in [7, 11) is 0. The molecule has 3 rings (SSSR count). The average Bonchev–Trinajstić information content (AvgIpc) is 3.00. The van der Waals surface area contributed by atoms with Crippen LogP contribution >= 0.6 is 23.1 Å². The molecule has 0 saturated heterocycles. The SMILES string of the molecule is Cc1nnc(S[C@@H](C(=O)Nc2ccc(F)cc2)c2ccccc2)s1. The van der Waals surface area contributed by atoms with Gasteiger partial charge in [-0.05, 0) is 36.8 Å². The van der Waals surface area contributed by atoms with E-state index in [-0.39, 0.29) is 11.7 Å². The minimum absolute atomic E-state index is 0.189. The van der Waals surface area contributed by atoms with Gasteiger partial charge >= 0.3 is 0 Å². The van der Waals surface area contributed by atoms with Crippen LogP contribution in [0.25, 0.3) is 0 Å². The van der Waals surface area contributed by atoms with Crippen molar-refractivity contribution in [3.63, 3.8) is 0 Å². The van der Waals surface area contributed by atoms with E-state index < -0.39 is 5.25 Å². The zero-order valence-electron chi connectivity index (χ0n) is 12.8. The number of halogens is 1. The number of nitrogens with one attached hydrogen (secondary N) is 1. The van der Waals surface area contributed by atoms with Gasteiger partial charge in [0, 0.05) is 5.69 Å². The molecule has 122 valence electrons. The fourth-order valence-electron chi connectivity index (χ4n) is 2.07. The van der Waals surface area contributed by atoms with Crippen molar-refractivity contribution < 1.29 is 9.18 Å². The molecule has 0 aliphatic heterocycles. The van der Waals surface area contributed by atoms with E-state index in [4.69, 9.17) is 0 Å². The Hall–Kier alpha value is -2.25. The third-order valence-corrected chi connectivity index (χ3v) is 5.36. The highest BCUT2D eigenvalue weighted by molar-refractivity contribution is 8.01. The van der Waals surface area contributed by atoms with Gasteiger partial charge in [0.2, 0.25) is 5.91 Å². The van der Waals surface area contributed by atoms with Gasteiger partial charge in [-0.15, -0.1) is 10.2 Å². The molecule has 0 unspecified atom stereocenters. The van der Waals surface area contributed by atoms with Crippen LogP contribution in [0.5, 0.6) is 0 Å². The fourth-order valence-corrected chi connectivity index (χ4v) is 4.08. The van der Waals surface area contributed by atoms with E-state index in [1.807, 2.05) is 37.3 Å². The molecule has 2 aromatic carbocycles. The highest BCUT2D eigenvalue weighted by atomic mass is 32.2. The second kappa shape index (κ2) is 7.55. The lowest BCUT2D eigenvalue weighted by atomic mass is 10.1. The van der Waals surface area contributed by atoms with E-state index in [1.165, 1.54) is 47.4 Å². The minimum Gasteiger partial charge on any atom is -0.325 e. The zero-order valence-corrected chi connectivity index (χ0v) is 14.4. The molecule has 24 heavy (non-hydrogen) atoms. The van der Waals surface area contributed by atoms with Crippen LogP contribution < -0.4 is 5.32 Å². The molecule has 0 saturated carbocycles. The third-order valence-electron chi connectivity index (χ3n) is 3.18. The molecule has 3 aromatic rings. The molecule has 1 amide bonds. The van der Waals surface area contributed by atoms with E-state index in [2.05, 4.69) is 15.5 Å². The zero-order chi connectivity index (χ0) is 16.9.